The molecule has 0 aliphatic carbocycles. The van der Waals surface area contributed by atoms with E-state index in [1.54, 1.807) is 32.1 Å². The summed E-state index contributed by atoms with van der Waals surface area (Å²) in [5.74, 6) is -1.04. The second-order valence-electron chi connectivity index (χ2n) is 7.20. The second kappa shape index (κ2) is 8.91. The number of carbonyl (C=O) groups excluding carboxylic acids is 1. The van der Waals surface area contributed by atoms with Gasteiger partial charge in [0.1, 0.15) is 5.82 Å². The molecule has 2 heterocycles. The zero-order chi connectivity index (χ0) is 23.7. The van der Waals surface area contributed by atoms with E-state index in [-0.39, 0.29) is 23.4 Å². The lowest BCUT2D eigenvalue weighted by molar-refractivity contribution is -0.384. The lowest BCUT2D eigenvalue weighted by Crippen LogP contribution is -2.39. The van der Waals surface area contributed by atoms with Crippen molar-refractivity contribution in [1.29, 1.82) is 0 Å². The van der Waals surface area contributed by atoms with Gasteiger partial charge in [0, 0.05) is 12.1 Å². The molecule has 0 fully saturated rings. The van der Waals surface area contributed by atoms with Gasteiger partial charge in [-0.15, -0.1) is 0 Å². The Kier molecular flexibility index (Phi) is 6.01. The summed E-state index contributed by atoms with van der Waals surface area (Å²) in [6.07, 6.45) is 1.61. The molecule has 1 aromatic heterocycles. The fraction of sp³-hybridized carbons (Fsp3) is 0.174. The van der Waals surface area contributed by atoms with Crippen molar-refractivity contribution in [2.45, 2.75) is 19.9 Å². The van der Waals surface area contributed by atoms with Gasteiger partial charge in [-0.1, -0.05) is 23.5 Å². The monoisotopic (exact) mass is 467 g/mol. The molecule has 168 valence electrons. The molecule has 33 heavy (non-hydrogen) atoms. The van der Waals surface area contributed by atoms with Gasteiger partial charge in [-0.25, -0.2) is 14.2 Å². The first kappa shape index (κ1) is 22.3. The third-order valence-electron chi connectivity index (χ3n) is 5.10. The molecule has 3 aromatic rings. The number of hydrogen-bond donors (Lipinski definition) is 0. The Morgan fingerprint density at radius 1 is 1.24 bits per heavy atom. The van der Waals surface area contributed by atoms with Crippen LogP contribution < -0.4 is 14.9 Å². The van der Waals surface area contributed by atoms with Crippen LogP contribution in [0.15, 0.2) is 69.6 Å². The topological polar surface area (TPSA) is 104 Å². The summed E-state index contributed by atoms with van der Waals surface area (Å²) in [4.78, 5) is 41.4. The molecule has 0 unspecified atom stereocenters. The summed E-state index contributed by atoms with van der Waals surface area (Å²) in [7, 11) is 0. The van der Waals surface area contributed by atoms with Gasteiger partial charge in [0.05, 0.1) is 33.4 Å². The Morgan fingerprint density at radius 2 is 1.91 bits per heavy atom. The highest BCUT2D eigenvalue weighted by molar-refractivity contribution is 7.07. The summed E-state index contributed by atoms with van der Waals surface area (Å²) in [5, 5.41) is 10.9. The van der Waals surface area contributed by atoms with Crippen LogP contribution in [0.5, 0.6) is 0 Å². The van der Waals surface area contributed by atoms with E-state index in [9.17, 15) is 24.1 Å². The molecule has 0 saturated heterocycles. The van der Waals surface area contributed by atoms with Crippen molar-refractivity contribution in [2.75, 3.05) is 6.61 Å². The molecule has 8 nitrogen and oxygen atoms in total. The normalized spacial score (nSPS) is 15.7. The fourth-order valence-corrected chi connectivity index (χ4v) is 4.64. The quantitative estimate of drug-likeness (QED) is 0.326. The Balaban J connectivity index is 1.90. The number of carbonyl (C=O) groups is 1. The summed E-state index contributed by atoms with van der Waals surface area (Å²) in [6, 6.07) is 10.5. The number of nitrogens with zero attached hydrogens (tertiary/aromatic N) is 3. The van der Waals surface area contributed by atoms with E-state index in [4.69, 9.17) is 4.74 Å². The van der Waals surface area contributed by atoms with Crippen LogP contribution in [0.2, 0.25) is 0 Å². The average Bonchev–Trinajstić information content (AvgIpc) is 3.08. The second-order valence-corrected chi connectivity index (χ2v) is 8.21. The predicted molar refractivity (Wildman–Crippen MR) is 120 cm³/mol. The van der Waals surface area contributed by atoms with E-state index in [2.05, 4.69) is 4.99 Å². The van der Waals surface area contributed by atoms with Crippen LogP contribution in [-0.2, 0) is 9.53 Å². The minimum atomic E-state index is -0.833. The van der Waals surface area contributed by atoms with E-state index in [0.29, 0.717) is 26.2 Å². The fourth-order valence-electron chi connectivity index (χ4n) is 3.60. The average molecular weight is 467 g/mol. The van der Waals surface area contributed by atoms with E-state index in [1.807, 2.05) is 0 Å². The lowest BCUT2D eigenvalue weighted by Gasteiger charge is -2.24. The highest BCUT2D eigenvalue weighted by Crippen LogP contribution is 2.30. The number of halogens is 1. The van der Waals surface area contributed by atoms with Crippen LogP contribution in [0.25, 0.3) is 6.08 Å². The highest BCUT2D eigenvalue weighted by Gasteiger charge is 2.33. The number of benzene rings is 2. The van der Waals surface area contributed by atoms with E-state index >= 15 is 0 Å². The first-order valence-corrected chi connectivity index (χ1v) is 10.8. The summed E-state index contributed by atoms with van der Waals surface area (Å²) in [6.45, 7) is 3.49. The van der Waals surface area contributed by atoms with Crippen LogP contribution in [0.3, 0.4) is 0 Å². The molecule has 1 atom stereocenters. The number of ether oxygens (including phenoxy) is 1. The maximum Gasteiger partial charge on any atom is 0.338 e. The first-order valence-electron chi connectivity index (χ1n) is 9.99. The van der Waals surface area contributed by atoms with Gasteiger partial charge in [0.25, 0.3) is 11.2 Å². The highest BCUT2D eigenvalue weighted by atomic mass is 32.1. The number of nitro groups is 1. The molecule has 4 rings (SSSR count). The van der Waals surface area contributed by atoms with Gasteiger partial charge in [-0.2, -0.15) is 0 Å². The zero-order valence-corrected chi connectivity index (χ0v) is 18.5. The number of aromatic nitrogens is 1. The molecule has 0 amide bonds. The smallest absolute Gasteiger partial charge is 0.338 e. The molecule has 0 bridgehead atoms. The maximum absolute atomic E-state index is 13.6. The SMILES string of the molecule is CCOC(=O)C1=C(C)N=c2s/c(=C\c3ccc([N+](=O)[O-])cc3)c(=O)n2[C@H]1c1ccc(F)cc1. The molecule has 1 aliphatic rings. The number of thiazole rings is 1. The summed E-state index contributed by atoms with van der Waals surface area (Å²) in [5.41, 5.74) is 1.31. The van der Waals surface area contributed by atoms with Crippen molar-refractivity contribution in [2.24, 2.45) is 4.99 Å². The Hall–Kier alpha value is -3.92. The van der Waals surface area contributed by atoms with Crippen LogP contribution >= 0.6 is 11.3 Å². The van der Waals surface area contributed by atoms with Gasteiger partial charge >= 0.3 is 5.97 Å². The summed E-state index contributed by atoms with van der Waals surface area (Å²) >= 11 is 1.13. The van der Waals surface area contributed by atoms with Gasteiger partial charge in [0.2, 0.25) is 0 Å². The molecule has 0 spiro atoms. The van der Waals surface area contributed by atoms with Gasteiger partial charge < -0.3 is 4.74 Å². The summed E-state index contributed by atoms with van der Waals surface area (Å²) < 4.78 is 20.5. The predicted octanol–water partition coefficient (Wildman–Crippen LogP) is 2.85. The van der Waals surface area contributed by atoms with Gasteiger partial charge in [-0.05, 0) is 55.3 Å². The van der Waals surface area contributed by atoms with Crippen LogP contribution in [0.1, 0.15) is 31.0 Å². The standard InChI is InChI=1S/C23H18FN3O5S/c1-3-32-22(29)19-13(2)25-23-26(20(19)15-6-8-16(24)9-7-15)21(28)18(33-23)12-14-4-10-17(11-5-14)27(30)31/h4-12,20H,3H2,1-2H3/b18-12-/t20-/m0/s1. The molecular weight excluding hydrogens is 449 g/mol. The van der Waals surface area contributed by atoms with Crippen LogP contribution in [0.4, 0.5) is 10.1 Å². The molecular formula is C23H18FN3O5S. The van der Waals surface area contributed by atoms with Crippen molar-refractivity contribution in [3.63, 3.8) is 0 Å². The van der Waals surface area contributed by atoms with Gasteiger partial charge in [-0.3, -0.25) is 19.5 Å². The Bertz CT molecular complexity index is 1450. The number of hydrogen-bond acceptors (Lipinski definition) is 7. The van der Waals surface area contributed by atoms with Crippen molar-refractivity contribution >= 4 is 29.1 Å². The zero-order valence-electron chi connectivity index (χ0n) is 17.6. The van der Waals surface area contributed by atoms with E-state index in [0.717, 1.165) is 11.3 Å². The number of esters is 1. The van der Waals surface area contributed by atoms with Crippen LogP contribution in [-0.4, -0.2) is 22.1 Å². The number of nitro benzene ring substituents is 1. The third kappa shape index (κ3) is 4.24. The Labute approximate surface area is 190 Å². The van der Waals surface area contributed by atoms with Crippen molar-refractivity contribution < 1.29 is 18.8 Å². The van der Waals surface area contributed by atoms with E-state index in [1.165, 1.54) is 41.0 Å². The third-order valence-corrected chi connectivity index (χ3v) is 6.09. The van der Waals surface area contributed by atoms with Gasteiger partial charge in [0.15, 0.2) is 4.80 Å². The molecule has 2 aromatic carbocycles. The number of allylic oxidation sites excluding steroid dienone is 1. The van der Waals surface area contributed by atoms with E-state index < -0.39 is 22.8 Å². The maximum atomic E-state index is 13.6. The minimum Gasteiger partial charge on any atom is -0.463 e. The lowest BCUT2D eigenvalue weighted by atomic mass is 9.96. The molecule has 10 heteroatoms. The van der Waals surface area contributed by atoms with Crippen molar-refractivity contribution in [1.82, 2.24) is 4.57 Å². The number of rotatable bonds is 5. The largest absolute Gasteiger partial charge is 0.463 e. The van der Waals surface area contributed by atoms with Crippen LogP contribution in [0, 0.1) is 15.9 Å². The number of non-ortho nitro benzene ring substituents is 1. The molecule has 0 radical (unpaired) electrons. The first-order chi connectivity index (χ1) is 15.8. The minimum absolute atomic E-state index is 0.0559. The van der Waals surface area contributed by atoms with Crippen molar-refractivity contribution in [3.8, 4) is 0 Å². The molecule has 1 aliphatic heterocycles. The molecule has 0 saturated carbocycles. The van der Waals surface area contributed by atoms with Crippen molar-refractivity contribution in [3.05, 3.63) is 107 Å². The Morgan fingerprint density at radius 3 is 2.52 bits per heavy atom. The number of fused-ring (bicyclic) bond motifs is 1. The molecule has 0 N–H and O–H groups in total.